The maximum absolute atomic E-state index is 4.25. The number of nitrogens with one attached hydrogen (secondary N) is 2. The highest BCUT2D eigenvalue weighted by Crippen LogP contribution is 2.15. The van der Waals surface area contributed by atoms with Crippen LogP contribution in [0.4, 0.5) is 0 Å². The number of rotatable bonds is 5. The molecule has 0 aliphatic carbocycles. The highest BCUT2D eigenvalue weighted by Gasteiger charge is 2.06. The molecule has 0 amide bonds. The number of hydrogen-bond donors (Lipinski definition) is 2. The van der Waals surface area contributed by atoms with Crippen LogP contribution in [0.5, 0.6) is 0 Å². The number of nitrogens with zero attached hydrogens (tertiary/aromatic N) is 3. The standard InChI is InChI=1S/C10H15N5S/c1-7(9-5-11-6-16-9)12-4-3-10-13-8(2)14-15-10/h5-7,12H,3-4H2,1-2H3,(H,13,14,15). The van der Waals surface area contributed by atoms with E-state index in [-0.39, 0.29) is 0 Å². The molecule has 0 saturated heterocycles. The third kappa shape index (κ3) is 2.86. The molecule has 1 atom stereocenters. The van der Waals surface area contributed by atoms with Gasteiger partial charge in [-0.3, -0.25) is 10.1 Å². The van der Waals surface area contributed by atoms with Gasteiger partial charge in [-0.1, -0.05) is 0 Å². The first-order chi connectivity index (χ1) is 7.75. The second kappa shape index (κ2) is 5.18. The van der Waals surface area contributed by atoms with Crippen molar-refractivity contribution in [2.45, 2.75) is 26.3 Å². The Balaban J connectivity index is 1.76. The van der Waals surface area contributed by atoms with Crippen LogP contribution in [0, 0.1) is 6.92 Å². The summed E-state index contributed by atoms with van der Waals surface area (Å²) in [5, 5.41) is 10.3. The lowest BCUT2D eigenvalue weighted by Gasteiger charge is -2.09. The van der Waals surface area contributed by atoms with E-state index in [1.807, 2.05) is 18.6 Å². The van der Waals surface area contributed by atoms with Crippen LogP contribution in [-0.4, -0.2) is 26.7 Å². The molecule has 6 heteroatoms. The first-order valence-corrected chi connectivity index (χ1v) is 6.13. The highest BCUT2D eigenvalue weighted by atomic mass is 32.1. The van der Waals surface area contributed by atoms with Crippen molar-refractivity contribution in [3.8, 4) is 0 Å². The van der Waals surface area contributed by atoms with Crippen molar-refractivity contribution in [2.75, 3.05) is 6.54 Å². The minimum Gasteiger partial charge on any atom is -0.309 e. The molecule has 86 valence electrons. The molecule has 0 radical (unpaired) electrons. The van der Waals surface area contributed by atoms with Gasteiger partial charge in [-0.05, 0) is 13.8 Å². The SMILES string of the molecule is Cc1nc(CCNC(C)c2cncs2)n[nH]1. The van der Waals surface area contributed by atoms with Gasteiger partial charge < -0.3 is 5.32 Å². The Labute approximate surface area is 98.3 Å². The van der Waals surface area contributed by atoms with Gasteiger partial charge in [0.15, 0.2) is 5.82 Å². The van der Waals surface area contributed by atoms with Gasteiger partial charge in [-0.2, -0.15) is 5.10 Å². The third-order valence-corrected chi connectivity index (χ3v) is 3.28. The van der Waals surface area contributed by atoms with Gasteiger partial charge in [-0.25, -0.2) is 4.98 Å². The average Bonchev–Trinajstić information content (AvgIpc) is 2.89. The lowest BCUT2D eigenvalue weighted by atomic mass is 10.3. The summed E-state index contributed by atoms with van der Waals surface area (Å²) >= 11 is 1.67. The van der Waals surface area contributed by atoms with Gasteiger partial charge in [0.1, 0.15) is 5.82 Å². The number of aromatic nitrogens is 4. The lowest BCUT2D eigenvalue weighted by molar-refractivity contribution is 0.577. The number of aryl methyl sites for hydroxylation is 1. The first-order valence-electron chi connectivity index (χ1n) is 5.25. The number of hydrogen-bond acceptors (Lipinski definition) is 5. The maximum Gasteiger partial charge on any atom is 0.151 e. The van der Waals surface area contributed by atoms with Crippen LogP contribution in [0.1, 0.15) is 29.5 Å². The zero-order valence-electron chi connectivity index (χ0n) is 9.40. The minimum atomic E-state index is 0.340. The fraction of sp³-hybridized carbons (Fsp3) is 0.500. The van der Waals surface area contributed by atoms with Crippen molar-refractivity contribution in [2.24, 2.45) is 0 Å². The van der Waals surface area contributed by atoms with Crippen molar-refractivity contribution >= 4 is 11.3 Å². The van der Waals surface area contributed by atoms with Gasteiger partial charge in [0.2, 0.25) is 0 Å². The normalized spacial score (nSPS) is 12.9. The third-order valence-electron chi connectivity index (χ3n) is 2.32. The molecular formula is C10H15N5S. The predicted molar refractivity (Wildman–Crippen MR) is 63.4 cm³/mol. The Bertz CT molecular complexity index is 422. The molecule has 0 aliphatic heterocycles. The molecule has 0 saturated carbocycles. The molecule has 2 N–H and O–H groups in total. The number of aromatic amines is 1. The number of thiazole rings is 1. The summed E-state index contributed by atoms with van der Waals surface area (Å²) in [6.07, 6.45) is 2.74. The molecule has 0 aromatic carbocycles. The quantitative estimate of drug-likeness (QED) is 0.826. The molecule has 0 aliphatic rings. The van der Waals surface area contributed by atoms with E-state index < -0.39 is 0 Å². The average molecular weight is 237 g/mol. The van der Waals surface area contributed by atoms with Crippen molar-refractivity contribution in [3.05, 3.63) is 28.2 Å². The summed E-state index contributed by atoms with van der Waals surface area (Å²) in [5.74, 6) is 1.73. The fourth-order valence-corrected chi connectivity index (χ4v) is 2.09. The van der Waals surface area contributed by atoms with Crippen LogP contribution in [0.2, 0.25) is 0 Å². The van der Waals surface area contributed by atoms with Gasteiger partial charge in [0, 0.05) is 30.1 Å². The second-order valence-electron chi connectivity index (χ2n) is 3.67. The van der Waals surface area contributed by atoms with Crippen LogP contribution in [-0.2, 0) is 6.42 Å². The molecule has 2 aromatic heterocycles. The minimum absolute atomic E-state index is 0.340. The summed E-state index contributed by atoms with van der Waals surface area (Å²) < 4.78 is 0. The summed E-state index contributed by atoms with van der Waals surface area (Å²) in [6.45, 7) is 4.91. The van der Waals surface area contributed by atoms with Crippen LogP contribution in [0.3, 0.4) is 0 Å². The Morgan fingerprint density at radius 3 is 3.06 bits per heavy atom. The second-order valence-corrected chi connectivity index (χ2v) is 4.58. The molecule has 2 rings (SSSR count). The molecular weight excluding hydrogens is 222 g/mol. The van der Waals surface area contributed by atoms with Crippen molar-refractivity contribution in [1.29, 1.82) is 0 Å². The molecule has 2 aromatic rings. The van der Waals surface area contributed by atoms with E-state index in [1.165, 1.54) is 4.88 Å². The van der Waals surface area contributed by atoms with E-state index in [2.05, 4.69) is 32.4 Å². The summed E-state index contributed by atoms with van der Waals surface area (Å²) in [4.78, 5) is 9.57. The van der Waals surface area contributed by atoms with E-state index >= 15 is 0 Å². The first kappa shape index (κ1) is 11.2. The molecule has 0 spiro atoms. The van der Waals surface area contributed by atoms with Gasteiger partial charge >= 0.3 is 0 Å². The van der Waals surface area contributed by atoms with E-state index in [1.54, 1.807) is 11.3 Å². The fourth-order valence-electron chi connectivity index (χ4n) is 1.44. The van der Waals surface area contributed by atoms with Crippen LogP contribution in [0.25, 0.3) is 0 Å². The Hall–Kier alpha value is -1.27. The topological polar surface area (TPSA) is 66.5 Å². The van der Waals surface area contributed by atoms with E-state index in [0.717, 1.165) is 24.6 Å². The highest BCUT2D eigenvalue weighted by molar-refractivity contribution is 7.09. The maximum atomic E-state index is 4.25. The summed E-state index contributed by atoms with van der Waals surface area (Å²) in [6, 6.07) is 0.340. The van der Waals surface area contributed by atoms with E-state index in [4.69, 9.17) is 0 Å². The van der Waals surface area contributed by atoms with Gasteiger partial charge in [0.05, 0.1) is 5.51 Å². The Morgan fingerprint density at radius 1 is 1.56 bits per heavy atom. The van der Waals surface area contributed by atoms with E-state index in [9.17, 15) is 0 Å². The Kier molecular flexibility index (Phi) is 3.63. The summed E-state index contributed by atoms with van der Waals surface area (Å²) in [5.41, 5.74) is 1.85. The largest absolute Gasteiger partial charge is 0.309 e. The molecule has 5 nitrogen and oxygen atoms in total. The van der Waals surface area contributed by atoms with Crippen molar-refractivity contribution in [1.82, 2.24) is 25.5 Å². The van der Waals surface area contributed by atoms with Crippen LogP contribution < -0.4 is 5.32 Å². The van der Waals surface area contributed by atoms with Crippen LogP contribution >= 0.6 is 11.3 Å². The van der Waals surface area contributed by atoms with Crippen LogP contribution in [0.15, 0.2) is 11.7 Å². The van der Waals surface area contributed by atoms with Crippen molar-refractivity contribution in [3.63, 3.8) is 0 Å². The predicted octanol–water partition coefficient (Wildman–Crippen LogP) is 1.46. The molecule has 1 unspecified atom stereocenters. The molecule has 0 bridgehead atoms. The smallest absolute Gasteiger partial charge is 0.151 e. The molecule has 0 fully saturated rings. The van der Waals surface area contributed by atoms with E-state index in [0.29, 0.717) is 6.04 Å². The lowest BCUT2D eigenvalue weighted by Crippen LogP contribution is -2.21. The molecule has 16 heavy (non-hydrogen) atoms. The zero-order valence-corrected chi connectivity index (χ0v) is 10.2. The van der Waals surface area contributed by atoms with Gasteiger partial charge in [0.25, 0.3) is 0 Å². The zero-order chi connectivity index (χ0) is 11.4. The molecule has 2 heterocycles. The van der Waals surface area contributed by atoms with Crippen molar-refractivity contribution < 1.29 is 0 Å². The monoisotopic (exact) mass is 237 g/mol. The number of H-pyrrole nitrogens is 1. The summed E-state index contributed by atoms with van der Waals surface area (Å²) in [7, 11) is 0. The van der Waals surface area contributed by atoms with Gasteiger partial charge in [-0.15, -0.1) is 11.3 Å². The Morgan fingerprint density at radius 2 is 2.44 bits per heavy atom.